The van der Waals surface area contributed by atoms with Crippen LogP contribution < -0.4 is 0 Å². The number of aryl methyl sites for hydroxylation is 1. The van der Waals surface area contributed by atoms with Crippen LogP contribution in [0.5, 0.6) is 0 Å². The molecule has 1 nitrogen and oxygen atoms in total. The predicted octanol–water partition coefficient (Wildman–Crippen LogP) is 4.73. The van der Waals surface area contributed by atoms with Gasteiger partial charge in [-0.05, 0) is 45.4 Å². The van der Waals surface area contributed by atoms with Gasteiger partial charge in [0.25, 0.3) is 0 Å². The summed E-state index contributed by atoms with van der Waals surface area (Å²) in [6, 6.07) is 7.50. The zero-order valence-electron chi connectivity index (χ0n) is 11.6. The standard InChI is InChI=1S/C16H23FO/c1-12-4-8-14(9-5-12)16(3,17)18-15-10-6-13(2)7-11-15/h4-5,8-9,13,15H,6-7,10-11H2,1-3H3. The first-order valence-electron chi connectivity index (χ1n) is 6.91. The Morgan fingerprint density at radius 1 is 1.11 bits per heavy atom. The fourth-order valence-electron chi connectivity index (χ4n) is 2.58. The van der Waals surface area contributed by atoms with Crippen LogP contribution in [0.15, 0.2) is 24.3 Å². The van der Waals surface area contributed by atoms with Crippen molar-refractivity contribution in [2.24, 2.45) is 5.92 Å². The molecule has 1 aliphatic carbocycles. The highest BCUT2D eigenvalue weighted by molar-refractivity contribution is 5.24. The van der Waals surface area contributed by atoms with Gasteiger partial charge in [-0.15, -0.1) is 0 Å². The predicted molar refractivity (Wildman–Crippen MR) is 72.1 cm³/mol. The fourth-order valence-corrected chi connectivity index (χ4v) is 2.58. The highest BCUT2D eigenvalue weighted by Gasteiger charge is 2.31. The average Bonchev–Trinajstić information content (AvgIpc) is 2.32. The number of ether oxygens (including phenoxy) is 1. The number of rotatable bonds is 3. The van der Waals surface area contributed by atoms with Crippen LogP contribution in [0.2, 0.25) is 0 Å². The number of benzene rings is 1. The Morgan fingerprint density at radius 2 is 1.67 bits per heavy atom. The summed E-state index contributed by atoms with van der Waals surface area (Å²) in [4.78, 5) is 0. The minimum atomic E-state index is -1.67. The summed E-state index contributed by atoms with van der Waals surface area (Å²) >= 11 is 0. The largest absolute Gasteiger partial charge is 0.339 e. The topological polar surface area (TPSA) is 9.23 Å². The Kier molecular flexibility index (Phi) is 4.06. The molecule has 1 aliphatic rings. The van der Waals surface area contributed by atoms with E-state index in [1.807, 2.05) is 31.2 Å². The van der Waals surface area contributed by atoms with Gasteiger partial charge in [0, 0.05) is 5.56 Å². The van der Waals surface area contributed by atoms with Crippen molar-refractivity contribution in [2.75, 3.05) is 0 Å². The van der Waals surface area contributed by atoms with Crippen molar-refractivity contribution < 1.29 is 9.13 Å². The molecule has 0 N–H and O–H groups in total. The summed E-state index contributed by atoms with van der Waals surface area (Å²) in [5, 5.41) is 0. The first kappa shape index (κ1) is 13.5. The fraction of sp³-hybridized carbons (Fsp3) is 0.625. The van der Waals surface area contributed by atoms with Crippen LogP contribution in [0.4, 0.5) is 4.39 Å². The second kappa shape index (κ2) is 5.40. The molecule has 0 saturated heterocycles. The van der Waals surface area contributed by atoms with E-state index in [0.717, 1.165) is 37.2 Å². The van der Waals surface area contributed by atoms with E-state index in [9.17, 15) is 4.39 Å². The molecule has 2 rings (SSSR count). The lowest BCUT2D eigenvalue weighted by molar-refractivity contribution is -0.183. The smallest absolute Gasteiger partial charge is 0.232 e. The van der Waals surface area contributed by atoms with Crippen LogP contribution >= 0.6 is 0 Å². The van der Waals surface area contributed by atoms with Gasteiger partial charge in [-0.1, -0.05) is 36.8 Å². The van der Waals surface area contributed by atoms with Crippen molar-refractivity contribution >= 4 is 0 Å². The summed E-state index contributed by atoms with van der Waals surface area (Å²) in [5.41, 5.74) is 1.76. The van der Waals surface area contributed by atoms with Crippen molar-refractivity contribution in [2.45, 2.75) is 58.4 Å². The molecule has 0 heterocycles. The van der Waals surface area contributed by atoms with E-state index < -0.39 is 5.85 Å². The number of halogens is 1. The van der Waals surface area contributed by atoms with Crippen LogP contribution in [0, 0.1) is 12.8 Å². The molecule has 1 aromatic carbocycles. The molecule has 2 heteroatoms. The van der Waals surface area contributed by atoms with E-state index in [1.165, 1.54) is 6.92 Å². The first-order chi connectivity index (χ1) is 8.47. The van der Waals surface area contributed by atoms with Gasteiger partial charge in [0.1, 0.15) is 0 Å². The van der Waals surface area contributed by atoms with E-state index >= 15 is 0 Å². The molecule has 1 atom stereocenters. The molecule has 18 heavy (non-hydrogen) atoms. The van der Waals surface area contributed by atoms with Crippen LogP contribution in [0.3, 0.4) is 0 Å². The van der Waals surface area contributed by atoms with Gasteiger partial charge < -0.3 is 4.74 Å². The lowest BCUT2D eigenvalue weighted by Crippen LogP contribution is -2.30. The molecule has 1 saturated carbocycles. The van der Waals surface area contributed by atoms with Crippen molar-refractivity contribution in [1.82, 2.24) is 0 Å². The SMILES string of the molecule is Cc1ccc(C(C)(F)OC2CCC(C)CC2)cc1. The van der Waals surface area contributed by atoms with Gasteiger partial charge in [-0.3, -0.25) is 0 Å². The monoisotopic (exact) mass is 250 g/mol. The Bertz CT molecular complexity index is 375. The minimum Gasteiger partial charge on any atom is -0.339 e. The van der Waals surface area contributed by atoms with Crippen LogP contribution in [0.25, 0.3) is 0 Å². The third-order valence-electron chi connectivity index (χ3n) is 3.92. The maximum absolute atomic E-state index is 14.6. The number of hydrogen-bond donors (Lipinski definition) is 0. The summed E-state index contributed by atoms with van der Waals surface area (Å²) in [6.07, 6.45) is 4.32. The molecule has 0 aliphatic heterocycles. The summed E-state index contributed by atoms with van der Waals surface area (Å²) < 4.78 is 20.3. The van der Waals surface area contributed by atoms with E-state index in [0.29, 0.717) is 5.56 Å². The van der Waals surface area contributed by atoms with Crippen molar-refractivity contribution in [3.63, 3.8) is 0 Å². The quantitative estimate of drug-likeness (QED) is 0.753. The molecular weight excluding hydrogens is 227 g/mol. The highest BCUT2D eigenvalue weighted by Crippen LogP contribution is 2.34. The van der Waals surface area contributed by atoms with E-state index in [4.69, 9.17) is 4.74 Å². The van der Waals surface area contributed by atoms with Crippen molar-refractivity contribution in [1.29, 1.82) is 0 Å². The third-order valence-corrected chi connectivity index (χ3v) is 3.92. The first-order valence-corrected chi connectivity index (χ1v) is 6.91. The van der Waals surface area contributed by atoms with Crippen molar-refractivity contribution in [3.8, 4) is 0 Å². The summed E-state index contributed by atoms with van der Waals surface area (Å²) in [7, 11) is 0. The van der Waals surface area contributed by atoms with Gasteiger partial charge in [0.05, 0.1) is 6.10 Å². The Balaban J connectivity index is 2.00. The molecule has 0 bridgehead atoms. The zero-order valence-corrected chi connectivity index (χ0v) is 11.6. The van der Waals surface area contributed by atoms with Gasteiger partial charge in [-0.2, -0.15) is 0 Å². The molecule has 0 spiro atoms. The second-order valence-corrected chi connectivity index (χ2v) is 5.78. The van der Waals surface area contributed by atoms with E-state index in [2.05, 4.69) is 6.92 Å². The number of hydrogen-bond acceptors (Lipinski definition) is 1. The van der Waals surface area contributed by atoms with Gasteiger partial charge in [0.15, 0.2) is 0 Å². The van der Waals surface area contributed by atoms with Gasteiger partial charge >= 0.3 is 0 Å². The molecule has 1 aromatic rings. The average molecular weight is 250 g/mol. The van der Waals surface area contributed by atoms with Gasteiger partial charge in [0.2, 0.25) is 5.85 Å². The van der Waals surface area contributed by atoms with Crippen LogP contribution in [0.1, 0.15) is 50.7 Å². The van der Waals surface area contributed by atoms with Crippen LogP contribution in [-0.2, 0) is 10.6 Å². The third kappa shape index (κ3) is 3.32. The van der Waals surface area contributed by atoms with E-state index in [1.54, 1.807) is 0 Å². The number of alkyl halides is 1. The lowest BCUT2D eigenvalue weighted by atomic mass is 9.88. The maximum Gasteiger partial charge on any atom is 0.232 e. The Morgan fingerprint density at radius 3 is 2.22 bits per heavy atom. The second-order valence-electron chi connectivity index (χ2n) is 5.78. The minimum absolute atomic E-state index is 0.0671. The molecular formula is C16H23FO. The molecule has 1 unspecified atom stereocenters. The van der Waals surface area contributed by atoms with E-state index in [-0.39, 0.29) is 6.10 Å². The molecule has 0 aromatic heterocycles. The maximum atomic E-state index is 14.6. The van der Waals surface area contributed by atoms with Crippen molar-refractivity contribution in [3.05, 3.63) is 35.4 Å². The summed E-state index contributed by atoms with van der Waals surface area (Å²) in [6.45, 7) is 5.78. The molecule has 1 fully saturated rings. The molecule has 0 radical (unpaired) electrons. The normalized spacial score (nSPS) is 27.8. The summed E-state index contributed by atoms with van der Waals surface area (Å²) in [5.74, 6) is -0.908. The van der Waals surface area contributed by atoms with Gasteiger partial charge in [-0.25, -0.2) is 4.39 Å². The zero-order chi connectivity index (χ0) is 13.2. The highest BCUT2D eigenvalue weighted by atomic mass is 19.2. The Labute approximate surface area is 109 Å². The lowest BCUT2D eigenvalue weighted by Gasteiger charge is -2.32. The molecule has 0 amide bonds. The molecule has 100 valence electrons. The Hall–Kier alpha value is -0.890. The van der Waals surface area contributed by atoms with Crippen LogP contribution in [-0.4, -0.2) is 6.10 Å².